The van der Waals surface area contributed by atoms with E-state index in [0.717, 1.165) is 25.2 Å². The fourth-order valence-corrected chi connectivity index (χ4v) is 1.49. The predicted molar refractivity (Wildman–Crippen MR) is 59.6 cm³/mol. The fourth-order valence-electron chi connectivity index (χ4n) is 1.49. The summed E-state index contributed by atoms with van der Waals surface area (Å²) in [5, 5.41) is 2.88. The normalized spacial score (nSPS) is 12.5. The average molecular weight is 209 g/mol. The zero-order chi connectivity index (χ0) is 11.3. The molecule has 0 aliphatic heterocycles. The third kappa shape index (κ3) is 2.81. The summed E-state index contributed by atoms with van der Waals surface area (Å²) < 4.78 is 1.92. The van der Waals surface area contributed by atoms with E-state index in [0.29, 0.717) is 0 Å². The summed E-state index contributed by atoms with van der Waals surface area (Å²) in [4.78, 5) is 15.9. The molecule has 0 saturated carbocycles. The molecule has 1 aromatic rings. The van der Waals surface area contributed by atoms with Gasteiger partial charge in [-0.15, -0.1) is 0 Å². The summed E-state index contributed by atoms with van der Waals surface area (Å²) >= 11 is 0. The first-order chi connectivity index (χ1) is 7.20. The smallest absolute Gasteiger partial charge is 0.242 e. The molecule has 1 unspecified atom stereocenters. The molecule has 15 heavy (non-hydrogen) atoms. The maximum atomic E-state index is 11.7. The lowest BCUT2D eigenvalue weighted by atomic mass is 10.3. The van der Waals surface area contributed by atoms with Gasteiger partial charge in [0.2, 0.25) is 5.91 Å². The van der Waals surface area contributed by atoms with E-state index >= 15 is 0 Å². The molecule has 1 heterocycles. The van der Waals surface area contributed by atoms with E-state index in [4.69, 9.17) is 0 Å². The molecule has 4 nitrogen and oxygen atoms in total. The van der Waals surface area contributed by atoms with Crippen LogP contribution >= 0.6 is 0 Å². The van der Waals surface area contributed by atoms with Crippen LogP contribution in [-0.4, -0.2) is 22.0 Å². The topological polar surface area (TPSA) is 46.9 Å². The first-order valence-electron chi connectivity index (χ1n) is 5.50. The second-order valence-corrected chi connectivity index (χ2v) is 3.57. The van der Waals surface area contributed by atoms with Gasteiger partial charge >= 0.3 is 0 Å². The van der Waals surface area contributed by atoms with Gasteiger partial charge in [-0.05, 0) is 13.3 Å². The van der Waals surface area contributed by atoms with E-state index in [1.807, 2.05) is 31.5 Å². The summed E-state index contributed by atoms with van der Waals surface area (Å²) in [5.41, 5.74) is 0. The van der Waals surface area contributed by atoms with Crippen molar-refractivity contribution in [2.45, 2.75) is 39.7 Å². The maximum absolute atomic E-state index is 11.7. The van der Waals surface area contributed by atoms with E-state index in [-0.39, 0.29) is 11.9 Å². The zero-order valence-corrected chi connectivity index (χ0v) is 9.66. The van der Waals surface area contributed by atoms with Crippen LogP contribution in [0.1, 0.15) is 39.1 Å². The Labute approximate surface area is 90.7 Å². The van der Waals surface area contributed by atoms with Crippen molar-refractivity contribution in [1.29, 1.82) is 0 Å². The molecular formula is C11H19N3O. The summed E-state index contributed by atoms with van der Waals surface area (Å²) in [6, 6.07) is -0.172. The van der Waals surface area contributed by atoms with Crippen LogP contribution in [0, 0.1) is 0 Å². The van der Waals surface area contributed by atoms with Gasteiger partial charge in [-0.3, -0.25) is 4.79 Å². The van der Waals surface area contributed by atoms with Crippen molar-refractivity contribution in [2.24, 2.45) is 0 Å². The van der Waals surface area contributed by atoms with Gasteiger partial charge in [-0.25, -0.2) is 4.98 Å². The number of carbonyl (C=O) groups excluding carboxylic acids is 1. The van der Waals surface area contributed by atoms with Crippen LogP contribution in [0.15, 0.2) is 12.4 Å². The molecule has 0 aromatic carbocycles. The van der Waals surface area contributed by atoms with Gasteiger partial charge in [0.1, 0.15) is 11.9 Å². The first-order valence-corrected chi connectivity index (χ1v) is 5.50. The quantitative estimate of drug-likeness (QED) is 0.799. The van der Waals surface area contributed by atoms with Crippen molar-refractivity contribution < 1.29 is 4.79 Å². The minimum absolute atomic E-state index is 0.0598. The standard InChI is InChI=1S/C11H19N3O/c1-4-6-13-11(15)9(3)14-8-7-12-10(14)5-2/h7-9H,4-6H2,1-3H3,(H,13,15). The number of amides is 1. The second kappa shape index (κ2) is 5.53. The Bertz CT molecular complexity index is 319. The van der Waals surface area contributed by atoms with Crippen LogP contribution in [0.5, 0.6) is 0 Å². The molecule has 0 bridgehead atoms. The van der Waals surface area contributed by atoms with E-state index in [1.165, 1.54) is 0 Å². The molecular weight excluding hydrogens is 190 g/mol. The Morgan fingerprint density at radius 1 is 1.60 bits per heavy atom. The number of nitrogens with zero attached hydrogens (tertiary/aromatic N) is 2. The van der Waals surface area contributed by atoms with Crippen molar-refractivity contribution in [3.63, 3.8) is 0 Å². The Kier molecular flexibility index (Phi) is 4.34. The molecule has 1 amide bonds. The van der Waals surface area contributed by atoms with Crippen molar-refractivity contribution in [1.82, 2.24) is 14.9 Å². The van der Waals surface area contributed by atoms with E-state index in [2.05, 4.69) is 10.3 Å². The highest BCUT2D eigenvalue weighted by molar-refractivity contribution is 5.79. The Hall–Kier alpha value is -1.32. The Balaban J connectivity index is 2.67. The summed E-state index contributed by atoms with van der Waals surface area (Å²) in [7, 11) is 0. The van der Waals surface area contributed by atoms with Crippen LogP contribution in [0.4, 0.5) is 0 Å². The highest BCUT2D eigenvalue weighted by atomic mass is 16.2. The van der Waals surface area contributed by atoms with Crippen molar-refractivity contribution in [3.8, 4) is 0 Å². The van der Waals surface area contributed by atoms with Crippen LogP contribution in [-0.2, 0) is 11.2 Å². The third-order valence-corrected chi connectivity index (χ3v) is 2.41. The van der Waals surface area contributed by atoms with E-state index < -0.39 is 0 Å². The van der Waals surface area contributed by atoms with Gasteiger partial charge in [-0.1, -0.05) is 13.8 Å². The zero-order valence-electron chi connectivity index (χ0n) is 9.66. The Morgan fingerprint density at radius 3 is 2.93 bits per heavy atom. The van der Waals surface area contributed by atoms with Crippen molar-refractivity contribution in [3.05, 3.63) is 18.2 Å². The molecule has 0 spiro atoms. The number of nitrogens with one attached hydrogen (secondary N) is 1. The molecule has 0 fully saturated rings. The number of aryl methyl sites for hydroxylation is 1. The molecule has 0 aliphatic carbocycles. The molecule has 0 radical (unpaired) electrons. The Morgan fingerprint density at radius 2 is 2.33 bits per heavy atom. The monoisotopic (exact) mass is 209 g/mol. The summed E-state index contributed by atoms with van der Waals surface area (Å²) in [5.74, 6) is 1.01. The summed E-state index contributed by atoms with van der Waals surface area (Å²) in [6.07, 6.45) is 5.40. The van der Waals surface area contributed by atoms with E-state index in [1.54, 1.807) is 6.20 Å². The fraction of sp³-hybridized carbons (Fsp3) is 0.636. The number of aromatic nitrogens is 2. The van der Waals surface area contributed by atoms with Gasteiger partial charge in [-0.2, -0.15) is 0 Å². The number of imidazole rings is 1. The number of carbonyl (C=O) groups is 1. The largest absolute Gasteiger partial charge is 0.354 e. The van der Waals surface area contributed by atoms with Gasteiger partial charge < -0.3 is 9.88 Å². The summed E-state index contributed by atoms with van der Waals surface area (Å²) in [6.45, 7) is 6.71. The molecule has 4 heteroatoms. The van der Waals surface area contributed by atoms with E-state index in [9.17, 15) is 4.79 Å². The number of rotatable bonds is 5. The lowest BCUT2D eigenvalue weighted by molar-refractivity contribution is -0.123. The van der Waals surface area contributed by atoms with Crippen LogP contribution in [0.2, 0.25) is 0 Å². The van der Waals surface area contributed by atoms with Gasteiger partial charge in [0.15, 0.2) is 0 Å². The molecule has 84 valence electrons. The average Bonchev–Trinajstić information content (AvgIpc) is 2.72. The lowest BCUT2D eigenvalue weighted by Gasteiger charge is -2.15. The second-order valence-electron chi connectivity index (χ2n) is 3.57. The minimum atomic E-state index is -0.172. The van der Waals surface area contributed by atoms with Crippen LogP contribution in [0.3, 0.4) is 0 Å². The van der Waals surface area contributed by atoms with Crippen molar-refractivity contribution in [2.75, 3.05) is 6.54 Å². The number of hydrogen-bond donors (Lipinski definition) is 1. The molecule has 0 saturated heterocycles. The predicted octanol–water partition coefficient (Wildman–Crippen LogP) is 1.53. The molecule has 0 aliphatic rings. The van der Waals surface area contributed by atoms with Gasteiger partial charge in [0, 0.05) is 25.4 Å². The van der Waals surface area contributed by atoms with Crippen LogP contribution in [0.25, 0.3) is 0 Å². The van der Waals surface area contributed by atoms with Gasteiger partial charge in [0.05, 0.1) is 0 Å². The highest BCUT2D eigenvalue weighted by Gasteiger charge is 2.15. The maximum Gasteiger partial charge on any atom is 0.242 e. The van der Waals surface area contributed by atoms with Crippen LogP contribution < -0.4 is 5.32 Å². The molecule has 1 atom stereocenters. The molecule has 1 aromatic heterocycles. The SMILES string of the molecule is CCCNC(=O)C(C)n1ccnc1CC. The lowest BCUT2D eigenvalue weighted by Crippen LogP contribution is -2.31. The highest BCUT2D eigenvalue weighted by Crippen LogP contribution is 2.09. The number of hydrogen-bond acceptors (Lipinski definition) is 2. The first kappa shape index (κ1) is 11.8. The minimum Gasteiger partial charge on any atom is -0.354 e. The van der Waals surface area contributed by atoms with Crippen molar-refractivity contribution >= 4 is 5.91 Å². The third-order valence-electron chi connectivity index (χ3n) is 2.41. The molecule has 1 N–H and O–H groups in total. The van der Waals surface area contributed by atoms with Gasteiger partial charge in [0.25, 0.3) is 0 Å². The molecule has 1 rings (SSSR count).